The van der Waals surface area contributed by atoms with Crippen LogP contribution in [0.3, 0.4) is 0 Å². The highest BCUT2D eigenvalue weighted by molar-refractivity contribution is 7.32. The van der Waals surface area contributed by atoms with Gasteiger partial charge >= 0.3 is 5.97 Å². The van der Waals surface area contributed by atoms with E-state index in [1.807, 2.05) is 0 Å². The molecule has 1 aliphatic rings. The van der Waals surface area contributed by atoms with E-state index < -0.39 is 5.97 Å². The van der Waals surface area contributed by atoms with E-state index in [2.05, 4.69) is 0 Å². The van der Waals surface area contributed by atoms with Crippen molar-refractivity contribution >= 4 is 14.8 Å². The van der Waals surface area contributed by atoms with E-state index in [-0.39, 0.29) is 6.54 Å². The van der Waals surface area contributed by atoms with Gasteiger partial charge in [-0.2, -0.15) is 5.06 Å². The number of hydroxylamine groups is 2. The van der Waals surface area contributed by atoms with Gasteiger partial charge in [0.15, 0.2) is 0 Å². The lowest BCUT2D eigenvalue weighted by atomic mass is 10.4. The van der Waals surface area contributed by atoms with Gasteiger partial charge < -0.3 is 5.11 Å². The van der Waals surface area contributed by atoms with Crippen LogP contribution in [-0.4, -0.2) is 35.4 Å². The molecule has 0 saturated carbocycles. The second-order valence-electron chi connectivity index (χ2n) is 2.10. The third-order valence-corrected chi connectivity index (χ3v) is 2.14. The van der Waals surface area contributed by atoms with Gasteiger partial charge in [0.05, 0.1) is 0 Å². The van der Waals surface area contributed by atoms with E-state index in [0.717, 1.165) is 19.1 Å². The molecule has 0 aliphatic carbocycles. The molecule has 1 fully saturated rings. The summed E-state index contributed by atoms with van der Waals surface area (Å²) in [5.41, 5.74) is 0. The Morgan fingerprint density at radius 2 is 2.60 bits per heavy atom. The summed E-state index contributed by atoms with van der Waals surface area (Å²) in [6, 6.07) is 0. The van der Waals surface area contributed by atoms with Crippen molar-refractivity contribution in [2.45, 2.75) is 6.42 Å². The van der Waals surface area contributed by atoms with Crippen LogP contribution < -0.4 is 0 Å². The van der Waals surface area contributed by atoms with Crippen molar-refractivity contribution < 1.29 is 14.5 Å². The fraction of sp³-hybridized carbons (Fsp3) is 0.800. The normalized spacial score (nSPS) is 23.2. The molecule has 1 unspecified atom stereocenters. The van der Waals surface area contributed by atoms with Crippen LogP contribution in [0.1, 0.15) is 6.42 Å². The number of rotatable bonds is 2. The van der Waals surface area contributed by atoms with Crippen molar-refractivity contribution in [1.29, 1.82) is 0 Å². The Morgan fingerprint density at radius 3 is 3.10 bits per heavy atom. The largest absolute Gasteiger partial charge is 0.480 e. The first kappa shape index (κ1) is 7.92. The minimum atomic E-state index is -0.827. The van der Waals surface area contributed by atoms with Crippen molar-refractivity contribution in [2.75, 3.05) is 19.3 Å². The van der Waals surface area contributed by atoms with Crippen LogP contribution in [0.25, 0.3) is 0 Å². The van der Waals surface area contributed by atoms with Crippen LogP contribution in [0.2, 0.25) is 0 Å². The number of aliphatic carboxylic acids is 1. The molecule has 0 aromatic heterocycles. The third kappa shape index (κ3) is 2.60. The fourth-order valence-corrected chi connectivity index (χ4v) is 1.50. The molecule has 1 aliphatic heterocycles. The van der Waals surface area contributed by atoms with Crippen molar-refractivity contribution in [2.24, 2.45) is 0 Å². The number of nitrogens with zero attached hydrogens (tertiary/aromatic N) is 1. The molecule has 1 atom stereocenters. The molecule has 0 amide bonds. The molecule has 0 aromatic rings. The van der Waals surface area contributed by atoms with Gasteiger partial charge in [-0.3, -0.25) is 9.42 Å². The van der Waals surface area contributed by atoms with E-state index in [1.165, 1.54) is 5.06 Å². The van der Waals surface area contributed by atoms with Gasteiger partial charge in [-0.05, 0) is 12.6 Å². The van der Waals surface area contributed by atoms with E-state index in [9.17, 15) is 4.79 Å². The number of carboxylic acids is 1. The molecule has 0 spiro atoms. The second kappa shape index (κ2) is 3.86. The Bertz CT molecular complexity index is 124. The second-order valence-corrected chi connectivity index (χ2v) is 3.07. The van der Waals surface area contributed by atoms with Crippen molar-refractivity contribution in [1.82, 2.24) is 5.06 Å². The van der Waals surface area contributed by atoms with Crippen molar-refractivity contribution in [3.05, 3.63) is 0 Å². The smallest absolute Gasteiger partial charge is 0.320 e. The molecule has 0 aromatic carbocycles. The topological polar surface area (TPSA) is 49.8 Å². The van der Waals surface area contributed by atoms with Crippen molar-refractivity contribution in [3.63, 3.8) is 0 Å². The molecule has 10 heavy (non-hydrogen) atoms. The van der Waals surface area contributed by atoms with Crippen molar-refractivity contribution in [3.8, 4) is 0 Å². The van der Waals surface area contributed by atoms with Gasteiger partial charge in [-0.25, -0.2) is 0 Å². The van der Waals surface area contributed by atoms with Crippen LogP contribution in [0, 0.1) is 0 Å². The predicted molar refractivity (Wildman–Crippen MR) is 38.1 cm³/mol. The lowest BCUT2D eigenvalue weighted by Gasteiger charge is -2.23. The van der Waals surface area contributed by atoms with Crippen LogP contribution in [0.5, 0.6) is 0 Å². The molecule has 0 bridgehead atoms. The van der Waals surface area contributed by atoms with Gasteiger partial charge in [0.2, 0.25) is 0 Å². The van der Waals surface area contributed by atoms with E-state index >= 15 is 0 Å². The van der Waals surface area contributed by atoms with Crippen LogP contribution in [0.15, 0.2) is 0 Å². The fourth-order valence-electron chi connectivity index (χ4n) is 0.772. The maximum absolute atomic E-state index is 10.1. The summed E-state index contributed by atoms with van der Waals surface area (Å²) in [6.07, 6.45) is 2.11. The zero-order chi connectivity index (χ0) is 7.40. The molecular formula is C5H10NO3P. The Labute approximate surface area is 61.0 Å². The SMILES string of the molecule is O=C(O)CN1CCCPO1. The number of hydrogen-bond donors (Lipinski definition) is 1. The highest BCUT2D eigenvalue weighted by Crippen LogP contribution is 2.21. The number of hydrogen-bond acceptors (Lipinski definition) is 3. The lowest BCUT2D eigenvalue weighted by Crippen LogP contribution is -2.31. The maximum atomic E-state index is 10.1. The molecular weight excluding hydrogens is 153 g/mol. The van der Waals surface area contributed by atoms with Crippen LogP contribution in [0.4, 0.5) is 0 Å². The molecule has 58 valence electrons. The van der Waals surface area contributed by atoms with Gasteiger partial charge in [-0.15, -0.1) is 0 Å². The molecule has 1 saturated heterocycles. The first-order valence-electron chi connectivity index (χ1n) is 3.15. The summed E-state index contributed by atoms with van der Waals surface area (Å²) in [5.74, 6) is -0.827. The Morgan fingerprint density at radius 1 is 1.80 bits per heavy atom. The van der Waals surface area contributed by atoms with Crippen LogP contribution >= 0.6 is 8.81 Å². The van der Waals surface area contributed by atoms with Gasteiger partial charge in [-0.1, -0.05) is 0 Å². The Kier molecular flexibility index (Phi) is 3.06. The average Bonchev–Trinajstić information content (AvgIpc) is 1.88. The molecule has 4 nitrogen and oxygen atoms in total. The maximum Gasteiger partial charge on any atom is 0.320 e. The number of carboxylic acid groups (broad SMARTS) is 1. The first-order valence-corrected chi connectivity index (χ1v) is 4.27. The molecule has 1 heterocycles. The first-order chi connectivity index (χ1) is 4.79. The Hall–Kier alpha value is -0.180. The van der Waals surface area contributed by atoms with E-state index in [1.54, 1.807) is 0 Å². The highest BCUT2D eigenvalue weighted by Gasteiger charge is 2.13. The van der Waals surface area contributed by atoms with Crippen LogP contribution in [-0.2, 0) is 9.42 Å². The molecule has 0 radical (unpaired) electrons. The highest BCUT2D eigenvalue weighted by atomic mass is 31.1. The summed E-state index contributed by atoms with van der Waals surface area (Å²) in [5, 5.41) is 9.85. The van der Waals surface area contributed by atoms with Gasteiger partial charge in [0, 0.05) is 15.4 Å². The third-order valence-electron chi connectivity index (χ3n) is 1.19. The number of carbonyl (C=O) groups is 1. The van der Waals surface area contributed by atoms with Gasteiger partial charge in [0.1, 0.15) is 6.54 Å². The monoisotopic (exact) mass is 163 g/mol. The summed E-state index contributed by atoms with van der Waals surface area (Å²) in [7, 11) is 0.444. The minimum absolute atomic E-state index is 0.00694. The van der Waals surface area contributed by atoms with E-state index in [4.69, 9.17) is 9.73 Å². The van der Waals surface area contributed by atoms with E-state index in [0.29, 0.717) is 8.81 Å². The lowest BCUT2D eigenvalue weighted by molar-refractivity contribution is -0.147. The molecule has 1 N–H and O–H groups in total. The average molecular weight is 163 g/mol. The standard InChI is InChI=1S/C5H10NO3P/c7-5(8)4-6-2-1-3-10-9-6/h10H,1-4H2,(H,7,8). The predicted octanol–water partition coefficient (Wildman–Crippen LogP) is 0.302. The minimum Gasteiger partial charge on any atom is -0.480 e. The summed E-state index contributed by atoms with van der Waals surface area (Å²) in [4.78, 5) is 10.1. The molecule has 1 rings (SSSR count). The zero-order valence-corrected chi connectivity index (χ0v) is 6.54. The summed E-state index contributed by atoms with van der Waals surface area (Å²) < 4.78 is 5.07. The summed E-state index contributed by atoms with van der Waals surface area (Å²) in [6.45, 7) is 0.756. The summed E-state index contributed by atoms with van der Waals surface area (Å²) >= 11 is 0. The molecule has 5 heteroatoms. The zero-order valence-electron chi connectivity index (χ0n) is 5.54. The van der Waals surface area contributed by atoms with Gasteiger partial charge in [0.25, 0.3) is 0 Å². The quantitative estimate of drug-likeness (QED) is 0.595. The Balaban J connectivity index is 2.19.